The van der Waals surface area contributed by atoms with Gasteiger partial charge in [0.25, 0.3) is 5.91 Å². The lowest BCUT2D eigenvalue weighted by atomic mass is 9.76. The Kier molecular flexibility index (Phi) is 4.50. The van der Waals surface area contributed by atoms with Crippen LogP contribution in [0.25, 0.3) is 0 Å². The number of nitrogens with one attached hydrogen (secondary N) is 1. The van der Waals surface area contributed by atoms with Crippen molar-refractivity contribution in [2.45, 2.75) is 31.8 Å². The molecule has 1 atom stereocenters. The molecule has 3 N–H and O–H groups in total. The lowest BCUT2D eigenvalue weighted by Gasteiger charge is -2.40. The largest absolute Gasteiger partial charge is 0.463 e. The van der Waals surface area contributed by atoms with Gasteiger partial charge in [-0.2, -0.15) is 5.06 Å². The van der Waals surface area contributed by atoms with Crippen molar-refractivity contribution in [3.8, 4) is 0 Å². The number of nitrogens with zero attached hydrogens (tertiary/aromatic N) is 3. The molecule has 0 bridgehead atoms. The van der Waals surface area contributed by atoms with Gasteiger partial charge in [0.1, 0.15) is 7.11 Å². The first-order valence-electron chi connectivity index (χ1n) is 7.18. The van der Waals surface area contributed by atoms with Crippen LogP contribution in [0.4, 0.5) is 10.5 Å². The quantitative estimate of drug-likeness (QED) is 0.435. The summed E-state index contributed by atoms with van der Waals surface area (Å²) in [6, 6.07) is 8.63. The summed E-state index contributed by atoms with van der Waals surface area (Å²) < 4.78 is 0. The van der Waals surface area contributed by atoms with Crippen molar-refractivity contribution in [3.63, 3.8) is 0 Å². The van der Waals surface area contributed by atoms with Crippen LogP contribution in [0.1, 0.15) is 20.8 Å². The minimum Gasteiger partial charge on any atom is -0.463 e. The molecule has 0 radical (unpaired) electrons. The fourth-order valence-electron chi connectivity index (χ4n) is 3.06. The number of carbonyl (C=O) groups excluding carboxylic acids is 1. The van der Waals surface area contributed by atoms with Crippen LogP contribution in [0.2, 0.25) is 0 Å². The first kappa shape index (κ1) is 17.7. The number of oxime groups is 1. The third kappa shape index (κ3) is 2.38. The van der Waals surface area contributed by atoms with Crippen molar-refractivity contribution < 1.29 is 24.7 Å². The molecule has 0 spiro atoms. The van der Waals surface area contributed by atoms with Crippen LogP contribution >= 0.6 is 0 Å². The zero-order valence-electron chi connectivity index (χ0n) is 13.8. The zero-order valence-corrected chi connectivity index (χ0v) is 13.8. The summed E-state index contributed by atoms with van der Waals surface area (Å²) in [5, 5.41) is 24.5. The summed E-state index contributed by atoms with van der Waals surface area (Å²) in [6.07, 6.45) is -1.68. The molecule has 24 heavy (non-hydrogen) atoms. The van der Waals surface area contributed by atoms with E-state index in [2.05, 4.69) is 10.6 Å². The Morgan fingerprint density at radius 3 is 2.42 bits per heavy atom. The molecule has 130 valence electrons. The van der Waals surface area contributed by atoms with Gasteiger partial charge in [0.05, 0.1) is 16.9 Å². The van der Waals surface area contributed by atoms with Gasteiger partial charge in [-0.25, -0.2) is 15.2 Å². The predicted molar refractivity (Wildman–Crippen MR) is 85.6 cm³/mol. The molecular formula is C15H20N4O5. The van der Waals surface area contributed by atoms with Crippen LogP contribution in [-0.2, 0) is 9.63 Å². The van der Waals surface area contributed by atoms with Crippen LogP contribution in [0.5, 0.6) is 0 Å². The first-order valence-corrected chi connectivity index (χ1v) is 7.18. The van der Waals surface area contributed by atoms with E-state index < -0.39 is 23.1 Å². The van der Waals surface area contributed by atoms with Crippen LogP contribution in [0.3, 0.4) is 0 Å². The Morgan fingerprint density at radius 2 is 1.92 bits per heavy atom. The monoisotopic (exact) mass is 336 g/mol. The molecule has 1 unspecified atom stereocenters. The van der Waals surface area contributed by atoms with Crippen LogP contribution in [0.15, 0.2) is 35.5 Å². The van der Waals surface area contributed by atoms with E-state index in [0.717, 1.165) is 0 Å². The van der Waals surface area contributed by atoms with Crippen molar-refractivity contribution in [2.75, 3.05) is 12.1 Å². The Balaban J connectivity index is 2.67. The highest BCUT2D eigenvalue weighted by atomic mass is 16.6. The van der Waals surface area contributed by atoms with Gasteiger partial charge in [0, 0.05) is 0 Å². The normalized spacial score (nSPS) is 23.3. The Bertz CT molecular complexity index is 676. The number of hydrazine groups is 1. The molecule has 1 heterocycles. The average Bonchev–Trinajstić information content (AvgIpc) is 2.75. The van der Waals surface area contributed by atoms with Gasteiger partial charge in [-0.3, -0.25) is 10.0 Å². The SMILES string of the molecule is CON=C(C)C1(N(O)C(=O)O)C(=O)N(c2ccccc2)NC1(C)C. The molecular weight excluding hydrogens is 316 g/mol. The maximum absolute atomic E-state index is 13.2. The van der Waals surface area contributed by atoms with Gasteiger partial charge >= 0.3 is 6.09 Å². The Hall–Kier alpha value is -2.65. The van der Waals surface area contributed by atoms with Gasteiger partial charge in [-0.05, 0) is 32.9 Å². The van der Waals surface area contributed by atoms with E-state index in [1.165, 1.54) is 19.0 Å². The summed E-state index contributed by atoms with van der Waals surface area (Å²) in [5.41, 5.74) is 0.238. The number of carbonyl (C=O) groups is 2. The van der Waals surface area contributed by atoms with E-state index in [9.17, 15) is 19.9 Å². The minimum absolute atomic E-state index is 0.00386. The van der Waals surface area contributed by atoms with E-state index in [4.69, 9.17) is 4.84 Å². The lowest BCUT2D eigenvalue weighted by molar-refractivity contribution is -0.154. The minimum atomic E-state index is -2.00. The lowest BCUT2D eigenvalue weighted by Crippen LogP contribution is -2.69. The van der Waals surface area contributed by atoms with Crippen LogP contribution in [0, 0.1) is 0 Å². The number of hydrogen-bond donors (Lipinski definition) is 3. The fraction of sp³-hybridized carbons (Fsp3) is 0.400. The van der Waals surface area contributed by atoms with Crippen molar-refractivity contribution in [1.82, 2.24) is 10.5 Å². The molecule has 1 fully saturated rings. The summed E-state index contributed by atoms with van der Waals surface area (Å²) in [5.74, 6) is -0.693. The summed E-state index contributed by atoms with van der Waals surface area (Å²) >= 11 is 0. The van der Waals surface area contributed by atoms with Crippen LogP contribution < -0.4 is 10.4 Å². The molecule has 1 aliphatic heterocycles. The highest BCUT2D eigenvalue weighted by molar-refractivity contribution is 6.21. The Labute approximate surface area is 139 Å². The number of amides is 2. The van der Waals surface area contributed by atoms with Crippen molar-refractivity contribution in [3.05, 3.63) is 30.3 Å². The Morgan fingerprint density at radius 1 is 1.33 bits per heavy atom. The number of hydroxylamine groups is 2. The number of hydrogen-bond acceptors (Lipinski definition) is 6. The molecule has 0 aromatic heterocycles. The van der Waals surface area contributed by atoms with Gasteiger partial charge < -0.3 is 9.94 Å². The molecule has 1 aliphatic rings. The van der Waals surface area contributed by atoms with Crippen molar-refractivity contribution in [2.24, 2.45) is 5.16 Å². The van der Waals surface area contributed by atoms with Gasteiger partial charge in [-0.15, -0.1) is 0 Å². The molecule has 2 amide bonds. The third-order valence-corrected chi connectivity index (χ3v) is 4.07. The van der Waals surface area contributed by atoms with E-state index in [1.54, 1.807) is 44.2 Å². The van der Waals surface area contributed by atoms with E-state index in [-0.39, 0.29) is 10.8 Å². The molecule has 1 aromatic carbocycles. The maximum Gasteiger partial charge on any atom is 0.432 e. The second kappa shape index (κ2) is 6.10. The van der Waals surface area contributed by atoms with E-state index >= 15 is 0 Å². The summed E-state index contributed by atoms with van der Waals surface area (Å²) in [7, 11) is 1.27. The zero-order chi connectivity index (χ0) is 18.1. The van der Waals surface area contributed by atoms with E-state index in [1.807, 2.05) is 0 Å². The third-order valence-electron chi connectivity index (χ3n) is 4.07. The number of benzene rings is 1. The fourth-order valence-corrected chi connectivity index (χ4v) is 3.06. The summed E-state index contributed by atoms with van der Waals surface area (Å²) in [4.78, 5) is 29.3. The average molecular weight is 336 g/mol. The standard InChI is InChI=1S/C15H20N4O5/c1-10(16-24-4)15(19(23)13(21)22)12(20)18(17-14(15,2)3)11-8-6-5-7-9-11/h5-9,17,23H,1-4H3,(H,21,22). The smallest absolute Gasteiger partial charge is 0.432 e. The predicted octanol–water partition coefficient (Wildman–Crippen LogP) is 1.45. The highest BCUT2D eigenvalue weighted by Crippen LogP contribution is 2.39. The van der Waals surface area contributed by atoms with Crippen molar-refractivity contribution in [1.29, 1.82) is 0 Å². The molecule has 0 saturated carbocycles. The summed E-state index contributed by atoms with van der Waals surface area (Å²) in [6.45, 7) is 4.61. The van der Waals surface area contributed by atoms with E-state index in [0.29, 0.717) is 5.69 Å². The first-order chi connectivity index (χ1) is 11.2. The number of para-hydroxylation sites is 1. The molecule has 9 heteroatoms. The molecule has 9 nitrogen and oxygen atoms in total. The number of anilines is 1. The molecule has 1 aromatic rings. The van der Waals surface area contributed by atoms with Crippen molar-refractivity contribution >= 4 is 23.4 Å². The number of carboxylic acid groups (broad SMARTS) is 1. The van der Waals surface area contributed by atoms with Crippen LogP contribution in [-0.4, -0.2) is 51.3 Å². The second-order valence-electron chi connectivity index (χ2n) is 5.88. The molecule has 0 aliphatic carbocycles. The van der Waals surface area contributed by atoms with Gasteiger partial charge in [0.15, 0.2) is 0 Å². The molecule has 2 rings (SSSR count). The topological polar surface area (TPSA) is 115 Å². The maximum atomic E-state index is 13.2. The number of rotatable bonds is 4. The highest BCUT2D eigenvalue weighted by Gasteiger charge is 2.67. The van der Waals surface area contributed by atoms with Gasteiger partial charge in [-0.1, -0.05) is 23.4 Å². The molecule has 1 saturated heterocycles. The second-order valence-corrected chi connectivity index (χ2v) is 5.88. The van der Waals surface area contributed by atoms with Gasteiger partial charge in [0.2, 0.25) is 5.54 Å².